The van der Waals surface area contributed by atoms with Crippen molar-refractivity contribution in [3.63, 3.8) is 0 Å². The van der Waals surface area contributed by atoms with Gasteiger partial charge in [0, 0.05) is 62.6 Å². The summed E-state index contributed by atoms with van der Waals surface area (Å²) in [6.07, 6.45) is 1.02. The van der Waals surface area contributed by atoms with Gasteiger partial charge in [-0.05, 0) is 37.3 Å². The number of benzene rings is 1. The second-order valence-corrected chi connectivity index (χ2v) is 6.82. The Labute approximate surface area is 156 Å². The van der Waals surface area contributed by atoms with Crippen LogP contribution in [0.4, 0.5) is 0 Å². The van der Waals surface area contributed by atoms with E-state index in [1.165, 1.54) is 11.3 Å². The highest BCUT2D eigenvalue weighted by atomic mass is 16.5. The van der Waals surface area contributed by atoms with E-state index < -0.39 is 0 Å². The van der Waals surface area contributed by atoms with E-state index in [0.717, 1.165) is 62.9 Å². The fraction of sp³-hybridized carbons (Fsp3) is 0.476. The van der Waals surface area contributed by atoms with Crippen LogP contribution in [0.25, 0.3) is 0 Å². The maximum atomic E-state index is 5.51. The van der Waals surface area contributed by atoms with Crippen molar-refractivity contribution in [3.8, 4) is 11.5 Å². The quantitative estimate of drug-likeness (QED) is 0.763. The molecular weight excluding hydrogens is 326 g/mol. The van der Waals surface area contributed by atoms with Crippen LogP contribution < -0.4 is 9.47 Å². The van der Waals surface area contributed by atoms with Crippen molar-refractivity contribution >= 4 is 0 Å². The summed E-state index contributed by atoms with van der Waals surface area (Å²) >= 11 is 0. The number of pyridine rings is 1. The van der Waals surface area contributed by atoms with Crippen molar-refractivity contribution in [1.82, 2.24) is 14.8 Å². The van der Waals surface area contributed by atoms with Crippen LogP contribution in [0.15, 0.2) is 36.4 Å². The van der Waals surface area contributed by atoms with Crippen LogP contribution in [-0.4, -0.2) is 61.7 Å². The Morgan fingerprint density at radius 3 is 2.42 bits per heavy atom. The average Bonchev–Trinajstić information content (AvgIpc) is 2.67. The molecule has 26 heavy (non-hydrogen) atoms. The van der Waals surface area contributed by atoms with Crippen LogP contribution in [0.3, 0.4) is 0 Å². The van der Waals surface area contributed by atoms with Gasteiger partial charge in [0.25, 0.3) is 0 Å². The van der Waals surface area contributed by atoms with Crippen molar-refractivity contribution in [1.29, 1.82) is 0 Å². The molecule has 5 nitrogen and oxygen atoms in total. The molecule has 1 aromatic carbocycles. The minimum atomic E-state index is 0.880. The molecule has 0 atom stereocenters. The number of ether oxygens (including phenoxy) is 2. The van der Waals surface area contributed by atoms with E-state index in [9.17, 15) is 0 Å². The number of methoxy groups -OCH3 is 2. The molecule has 0 radical (unpaired) electrons. The molecule has 0 aliphatic carbocycles. The number of rotatable bonds is 7. The van der Waals surface area contributed by atoms with Crippen LogP contribution >= 0.6 is 0 Å². The molecule has 1 aliphatic heterocycles. The fourth-order valence-electron chi connectivity index (χ4n) is 3.43. The lowest BCUT2D eigenvalue weighted by Gasteiger charge is -2.35. The summed E-state index contributed by atoms with van der Waals surface area (Å²) in [5.41, 5.74) is 3.47. The average molecular weight is 355 g/mol. The summed E-state index contributed by atoms with van der Waals surface area (Å²) < 4.78 is 10.9. The van der Waals surface area contributed by atoms with E-state index in [-0.39, 0.29) is 0 Å². The molecule has 0 saturated carbocycles. The molecule has 0 N–H and O–H groups in total. The van der Waals surface area contributed by atoms with Gasteiger partial charge < -0.3 is 14.4 Å². The largest absolute Gasteiger partial charge is 0.497 e. The monoisotopic (exact) mass is 355 g/mol. The van der Waals surface area contributed by atoms with Gasteiger partial charge in [0.15, 0.2) is 0 Å². The van der Waals surface area contributed by atoms with Crippen LogP contribution in [0.2, 0.25) is 0 Å². The van der Waals surface area contributed by atoms with E-state index in [4.69, 9.17) is 9.47 Å². The molecule has 0 bridgehead atoms. The van der Waals surface area contributed by atoms with Gasteiger partial charge in [0.1, 0.15) is 11.5 Å². The van der Waals surface area contributed by atoms with Crippen molar-refractivity contribution in [3.05, 3.63) is 53.3 Å². The van der Waals surface area contributed by atoms with Crippen molar-refractivity contribution < 1.29 is 9.47 Å². The molecule has 0 amide bonds. The fourth-order valence-corrected chi connectivity index (χ4v) is 3.43. The maximum Gasteiger partial charge on any atom is 0.123 e. The second kappa shape index (κ2) is 9.01. The Morgan fingerprint density at radius 1 is 0.962 bits per heavy atom. The molecule has 0 spiro atoms. The van der Waals surface area contributed by atoms with Crippen LogP contribution in [0.1, 0.15) is 17.0 Å². The summed E-state index contributed by atoms with van der Waals surface area (Å²) in [6.45, 7) is 8.36. The highest BCUT2D eigenvalue weighted by molar-refractivity contribution is 5.40. The highest BCUT2D eigenvalue weighted by Gasteiger charge is 2.18. The molecule has 3 rings (SSSR count). The molecule has 5 heteroatoms. The Morgan fingerprint density at radius 2 is 1.73 bits per heavy atom. The highest BCUT2D eigenvalue weighted by Crippen LogP contribution is 2.25. The van der Waals surface area contributed by atoms with Gasteiger partial charge in [-0.2, -0.15) is 0 Å². The van der Waals surface area contributed by atoms with E-state index in [0.29, 0.717) is 0 Å². The Kier molecular flexibility index (Phi) is 6.47. The van der Waals surface area contributed by atoms with E-state index in [1.807, 2.05) is 12.1 Å². The Hall–Kier alpha value is -2.11. The van der Waals surface area contributed by atoms with Gasteiger partial charge in [0.2, 0.25) is 0 Å². The molecule has 2 heterocycles. The Bertz CT molecular complexity index is 712. The smallest absolute Gasteiger partial charge is 0.123 e. The van der Waals surface area contributed by atoms with E-state index in [1.54, 1.807) is 14.2 Å². The molecule has 140 valence electrons. The number of hydrogen-bond donors (Lipinski definition) is 0. The second-order valence-electron chi connectivity index (χ2n) is 6.82. The van der Waals surface area contributed by atoms with Gasteiger partial charge in [-0.3, -0.25) is 9.88 Å². The molecule has 2 aromatic rings. The van der Waals surface area contributed by atoms with Gasteiger partial charge in [-0.15, -0.1) is 0 Å². The molecule has 1 fully saturated rings. The molecular formula is C21H29N3O2. The first-order valence-electron chi connectivity index (χ1n) is 9.26. The maximum absolute atomic E-state index is 5.51. The SMILES string of the molecule is COc1ccc(OC)c(CN2CCN(CCc3cccc(C)n3)CC2)c1. The van der Waals surface area contributed by atoms with Gasteiger partial charge in [0.05, 0.1) is 14.2 Å². The minimum Gasteiger partial charge on any atom is -0.497 e. The number of piperazine rings is 1. The van der Waals surface area contributed by atoms with Crippen LogP contribution in [0, 0.1) is 6.92 Å². The summed E-state index contributed by atoms with van der Waals surface area (Å²) in [5, 5.41) is 0. The topological polar surface area (TPSA) is 37.8 Å². The van der Waals surface area contributed by atoms with Gasteiger partial charge in [-0.1, -0.05) is 6.07 Å². The summed E-state index contributed by atoms with van der Waals surface area (Å²) in [4.78, 5) is 9.62. The van der Waals surface area contributed by atoms with Gasteiger partial charge >= 0.3 is 0 Å². The van der Waals surface area contributed by atoms with Crippen molar-refractivity contribution in [2.45, 2.75) is 19.9 Å². The summed E-state index contributed by atoms with van der Waals surface area (Å²) in [7, 11) is 3.43. The first kappa shape index (κ1) is 18.7. The lowest BCUT2D eigenvalue weighted by molar-refractivity contribution is 0.127. The third-order valence-electron chi connectivity index (χ3n) is 4.98. The number of aryl methyl sites for hydroxylation is 1. The number of hydrogen-bond acceptors (Lipinski definition) is 5. The molecule has 1 aliphatic rings. The number of nitrogens with zero attached hydrogens (tertiary/aromatic N) is 3. The van der Waals surface area contributed by atoms with Crippen LogP contribution in [0.5, 0.6) is 11.5 Å². The third-order valence-corrected chi connectivity index (χ3v) is 4.98. The normalized spacial score (nSPS) is 15.8. The predicted molar refractivity (Wildman–Crippen MR) is 104 cm³/mol. The van der Waals surface area contributed by atoms with Gasteiger partial charge in [-0.25, -0.2) is 0 Å². The zero-order valence-electron chi connectivity index (χ0n) is 16.1. The van der Waals surface area contributed by atoms with Crippen molar-refractivity contribution in [2.75, 3.05) is 46.9 Å². The Balaban J connectivity index is 1.49. The lowest BCUT2D eigenvalue weighted by atomic mass is 10.1. The molecule has 0 unspecified atom stereocenters. The summed E-state index contributed by atoms with van der Waals surface area (Å²) in [5.74, 6) is 1.81. The van der Waals surface area contributed by atoms with Crippen LogP contribution in [-0.2, 0) is 13.0 Å². The third kappa shape index (κ3) is 4.96. The lowest BCUT2D eigenvalue weighted by Crippen LogP contribution is -2.46. The number of aromatic nitrogens is 1. The first-order chi connectivity index (χ1) is 12.7. The summed E-state index contributed by atoms with van der Waals surface area (Å²) in [6, 6.07) is 12.3. The predicted octanol–water partition coefficient (Wildman–Crippen LogP) is 2.77. The molecule has 1 saturated heterocycles. The van der Waals surface area contributed by atoms with E-state index >= 15 is 0 Å². The molecule has 1 aromatic heterocycles. The zero-order valence-corrected chi connectivity index (χ0v) is 16.1. The zero-order chi connectivity index (χ0) is 18.4. The van der Waals surface area contributed by atoms with E-state index in [2.05, 4.69) is 46.0 Å². The first-order valence-corrected chi connectivity index (χ1v) is 9.26. The minimum absolute atomic E-state index is 0.880. The standard InChI is InChI=1S/C21H29N3O2/c1-17-5-4-6-19(22-17)9-10-23-11-13-24(14-12-23)16-18-15-20(25-2)7-8-21(18)26-3/h4-8,15H,9-14,16H2,1-3H3. The van der Waals surface area contributed by atoms with Crippen molar-refractivity contribution in [2.24, 2.45) is 0 Å².